The van der Waals surface area contributed by atoms with Gasteiger partial charge < -0.3 is 5.73 Å². The lowest BCUT2D eigenvalue weighted by atomic mass is 10.00. The van der Waals surface area contributed by atoms with Gasteiger partial charge in [0.1, 0.15) is 0 Å². The number of carbonyl (C=O) groups excluding carboxylic acids is 1. The summed E-state index contributed by atoms with van der Waals surface area (Å²) in [6, 6.07) is 13.3. The Bertz CT molecular complexity index is 576. The molecule has 0 saturated heterocycles. The van der Waals surface area contributed by atoms with Gasteiger partial charge in [0.15, 0.2) is 5.78 Å². The van der Waals surface area contributed by atoms with E-state index in [2.05, 4.69) is 15.9 Å². The van der Waals surface area contributed by atoms with Crippen molar-refractivity contribution in [2.75, 3.05) is 5.73 Å². The zero-order valence-electron chi connectivity index (χ0n) is 10.1. The second kappa shape index (κ2) is 5.36. The van der Waals surface area contributed by atoms with Crippen LogP contribution in [0.25, 0.3) is 0 Å². The molecule has 0 saturated carbocycles. The van der Waals surface area contributed by atoms with Crippen molar-refractivity contribution in [3.63, 3.8) is 0 Å². The summed E-state index contributed by atoms with van der Waals surface area (Å²) in [6.45, 7) is 1.95. The average Bonchev–Trinajstić information content (AvgIpc) is 2.35. The maximum atomic E-state index is 12.2. The van der Waals surface area contributed by atoms with E-state index < -0.39 is 0 Å². The van der Waals surface area contributed by atoms with Crippen molar-refractivity contribution in [1.82, 2.24) is 0 Å². The summed E-state index contributed by atoms with van der Waals surface area (Å²) in [7, 11) is 0. The molecule has 0 atom stereocenters. The van der Waals surface area contributed by atoms with Crippen molar-refractivity contribution < 1.29 is 4.79 Å². The van der Waals surface area contributed by atoms with E-state index >= 15 is 0 Å². The first-order valence-electron chi connectivity index (χ1n) is 5.70. The summed E-state index contributed by atoms with van der Waals surface area (Å²) in [4.78, 5) is 12.2. The van der Waals surface area contributed by atoms with Crippen LogP contribution in [0.5, 0.6) is 0 Å². The van der Waals surface area contributed by atoms with Gasteiger partial charge in [-0.1, -0.05) is 39.7 Å². The molecule has 18 heavy (non-hydrogen) atoms. The SMILES string of the molecule is Cc1ccc(N)c(C(=O)Cc2ccc(Br)cc2)c1. The van der Waals surface area contributed by atoms with Crippen LogP contribution >= 0.6 is 15.9 Å². The summed E-state index contributed by atoms with van der Waals surface area (Å²) in [5.74, 6) is 0.0542. The molecule has 0 aliphatic carbocycles. The Kier molecular flexibility index (Phi) is 3.82. The minimum atomic E-state index is 0.0542. The van der Waals surface area contributed by atoms with E-state index in [9.17, 15) is 4.79 Å². The maximum absolute atomic E-state index is 12.2. The third kappa shape index (κ3) is 2.99. The van der Waals surface area contributed by atoms with Crippen LogP contribution in [0, 0.1) is 6.92 Å². The predicted octanol–water partition coefficient (Wildman–Crippen LogP) is 3.77. The Morgan fingerprint density at radius 2 is 1.83 bits per heavy atom. The molecule has 0 aliphatic rings. The first-order valence-corrected chi connectivity index (χ1v) is 6.49. The second-order valence-electron chi connectivity index (χ2n) is 4.32. The molecule has 0 aromatic heterocycles. The number of hydrogen-bond acceptors (Lipinski definition) is 2. The van der Waals surface area contributed by atoms with E-state index in [1.54, 1.807) is 6.07 Å². The normalized spacial score (nSPS) is 10.3. The largest absolute Gasteiger partial charge is 0.398 e. The molecule has 0 spiro atoms. The lowest BCUT2D eigenvalue weighted by Gasteiger charge is -2.06. The molecule has 3 heteroatoms. The molecule has 2 aromatic rings. The molecule has 0 bridgehead atoms. The van der Waals surface area contributed by atoms with Gasteiger partial charge >= 0.3 is 0 Å². The zero-order valence-corrected chi connectivity index (χ0v) is 11.7. The van der Waals surface area contributed by atoms with E-state index in [0.29, 0.717) is 17.7 Å². The molecule has 0 heterocycles. The minimum Gasteiger partial charge on any atom is -0.398 e. The summed E-state index contributed by atoms with van der Waals surface area (Å²) in [6.07, 6.45) is 0.376. The van der Waals surface area contributed by atoms with E-state index in [1.165, 1.54) is 0 Å². The van der Waals surface area contributed by atoms with Crippen LogP contribution in [0.2, 0.25) is 0 Å². The third-order valence-corrected chi connectivity index (χ3v) is 3.32. The lowest BCUT2D eigenvalue weighted by Crippen LogP contribution is -2.07. The van der Waals surface area contributed by atoms with Crippen LogP contribution in [0.3, 0.4) is 0 Å². The van der Waals surface area contributed by atoms with Gasteiger partial charge in [-0.25, -0.2) is 0 Å². The Morgan fingerprint density at radius 1 is 1.17 bits per heavy atom. The van der Waals surface area contributed by atoms with Gasteiger partial charge in [0, 0.05) is 22.1 Å². The highest BCUT2D eigenvalue weighted by molar-refractivity contribution is 9.10. The molecule has 0 amide bonds. The number of carbonyl (C=O) groups is 1. The molecule has 0 unspecified atom stereocenters. The maximum Gasteiger partial charge on any atom is 0.169 e. The number of nitrogen functional groups attached to an aromatic ring is 1. The highest BCUT2D eigenvalue weighted by Crippen LogP contribution is 2.17. The minimum absolute atomic E-state index is 0.0542. The number of rotatable bonds is 3. The van der Waals surface area contributed by atoms with E-state index in [0.717, 1.165) is 15.6 Å². The van der Waals surface area contributed by atoms with Crippen molar-refractivity contribution in [1.29, 1.82) is 0 Å². The Morgan fingerprint density at radius 3 is 2.50 bits per heavy atom. The van der Waals surface area contributed by atoms with Gasteiger partial charge in [0.05, 0.1) is 0 Å². The second-order valence-corrected chi connectivity index (χ2v) is 5.23. The Labute approximate surface area is 115 Å². The van der Waals surface area contributed by atoms with Crippen molar-refractivity contribution in [2.45, 2.75) is 13.3 Å². The molecule has 2 nitrogen and oxygen atoms in total. The van der Waals surface area contributed by atoms with Crippen molar-refractivity contribution in [2.24, 2.45) is 0 Å². The molecule has 92 valence electrons. The van der Waals surface area contributed by atoms with Crippen molar-refractivity contribution >= 4 is 27.4 Å². The molecule has 2 rings (SSSR count). The molecule has 2 N–H and O–H groups in total. The number of halogens is 1. The van der Waals surface area contributed by atoms with Gasteiger partial charge in [-0.05, 0) is 36.8 Å². The zero-order chi connectivity index (χ0) is 13.1. The molecular weight excluding hydrogens is 290 g/mol. The van der Waals surface area contributed by atoms with Crippen LogP contribution in [-0.4, -0.2) is 5.78 Å². The summed E-state index contributed by atoms with van der Waals surface area (Å²) >= 11 is 3.37. The van der Waals surface area contributed by atoms with Gasteiger partial charge in [-0.3, -0.25) is 4.79 Å². The fourth-order valence-electron chi connectivity index (χ4n) is 1.79. The molecule has 2 aromatic carbocycles. The first-order chi connectivity index (χ1) is 8.56. The van der Waals surface area contributed by atoms with E-state index in [-0.39, 0.29) is 5.78 Å². The fraction of sp³-hybridized carbons (Fsp3) is 0.133. The number of aryl methyl sites for hydroxylation is 1. The van der Waals surface area contributed by atoms with Crippen molar-refractivity contribution in [3.05, 3.63) is 63.6 Å². The number of hydrogen-bond donors (Lipinski definition) is 1. The summed E-state index contributed by atoms with van der Waals surface area (Å²) in [5.41, 5.74) is 9.03. The highest BCUT2D eigenvalue weighted by atomic mass is 79.9. The Balaban J connectivity index is 2.21. The quantitative estimate of drug-likeness (QED) is 0.693. The topological polar surface area (TPSA) is 43.1 Å². The van der Waals surface area contributed by atoms with Crippen LogP contribution in [0.4, 0.5) is 5.69 Å². The van der Waals surface area contributed by atoms with Crippen LogP contribution in [0.15, 0.2) is 46.9 Å². The molecule has 0 fully saturated rings. The predicted molar refractivity (Wildman–Crippen MR) is 77.8 cm³/mol. The van der Waals surface area contributed by atoms with Gasteiger partial charge in [0.25, 0.3) is 0 Å². The Hall–Kier alpha value is -1.61. The number of nitrogens with two attached hydrogens (primary N) is 1. The fourth-order valence-corrected chi connectivity index (χ4v) is 2.06. The third-order valence-electron chi connectivity index (χ3n) is 2.79. The molecule has 0 aliphatic heterocycles. The first kappa shape index (κ1) is 12.8. The van der Waals surface area contributed by atoms with Crippen LogP contribution in [0.1, 0.15) is 21.5 Å². The number of Topliss-reactive ketones (excluding diaryl/α,β-unsaturated/α-hetero) is 1. The number of ketones is 1. The molecular formula is C15H14BrNO. The summed E-state index contributed by atoms with van der Waals surface area (Å²) in [5, 5.41) is 0. The lowest BCUT2D eigenvalue weighted by molar-refractivity contribution is 0.0994. The van der Waals surface area contributed by atoms with E-state index in [1.807, 2.05) is 43.3 Å². The van der Waals surface area contributed by atoms with Gasteiger partial charge in [-0.15, -0.1) is 0 Å². The smallest absolute Gasteiger partial charge is 0.169 e. The van der Waals surface area contributed by atoms with Crippen LogP contribution in [-0.2, 0) is 6.42 Å². The van der Waals surface area contributed by atoms with E-state index in [4.69, 9.17) is 5.73 Å². The standard InChI is InChI=1S/C15H14BrNO/c1-10-2-7-14(17)13(8-10)15(18)9-11-3-5-12(16)6-4-11/h2-8H,9,17H2,1H3. The average molecular weight is 304 g/mol. The van der Waals surface area contributed by atoms with Crippen molar-refractivity contribution in [3.8, 4) is 0 Å². The van der Waals surface area contributed by atoms with Gasteiger partial charge in [-0.2, -0.15) is 0 Å². The van der Waals surface area contributed by atoms with Crippen LogP contribution < -0.4 is 5.73 Å². The van der Waals surface area contributed by atoms with Gasteiger partial charge in [0.2, 0.25) is 0 Å². The monoisotopic (exact) mass is 303 g/mol. The molecule has 0 radical (unpaired) electrons. The number of benzene rings is 2. The highest BCUT2D eigenvalue weighted by Gasteiger charge is 2.10. The number of anilines is 1. The summed E-state index contributed by atoms with van der Waals surface area (Å²) < 4.78 is 1.01.